The molecule has 0 atom stereocenters. The summed E-state index contributed by atoms with van der Waals surface area (Å²) in [5.74, 6) is 0.585. The fourth-order valence-corrected chi connectivity index (χ4v) is 2.87. The monoisotopic (exact) mass is 406 g/mol. The molecule has 2 aromatic rings. The predicted molar refractivity (Wildman–Crippen MR) is 112 cm³/mol. The maximum atomic E-state index is 12.5. The van der Waals surface area contributed by atoms with Crippen LogP contribution in [0.15, 0.2) is 66.6 Å². The lowest BCUT2D eigenvalue weighted by Gasteiger charge is -2.18. The first-order chi connectivity index (χ1) is 14.7. The molecule has 3 rings (SSSR count). The predicted octanol–water partition coefficient (Wildman–Crippen LogP) is 3.53. The highest BCUT2D eigenvalue weighted by Crippen LogP contribution is 2.39. The van der Waals surface area contributed by atoms with Crippen LogP contribution in [0, 0.1) is 11.3 Å². The highest BCUT2D eigenvalue weighted by Gasteiger charge is 2.32. The van der Waals surface area contributed by atoms with Gasteiger partial charge in [-0.15, -0.1) is 0 Å². The van der Waals surface area contributed by atoms with E-state index in [9.17, 15) is 10.1 Å². The lowest BCUT2D eigenvalue weighted by atomic mass is 10.2. The first kappa shape index (κ1) is 21.0. The van der Waals surface area contributed by atoms with Gasteiger partial charge in [-0.25, -0.2) is 4.79 Å². The Morgan fingerprint density at radius 2 is 1.93 bits per heavy atom. The summed E-state index contributed by atoms with van der Waals surface area (Å²) in [6.07, 6.45) is 1.74. The zero-order valence-corrected chi connectivity index (χ0v) is 16.7. The van der Waals surface area contributed by atoms with E-state index < -0.39 is 5.97 Å². The summed E-state index contributed by atoms with van der Waals surface area (Å²) in [6.45, 7) is 4.66. The van der Waals surface area contributed by atoms with Gasteiger partial charge in [0.2, 0.25) is 5.88 Å². The fraction of sp³-hybridized carbons (Fsp3) is 0.217. The van der Waals surface area contributed by atoms with Crippen molar-refractivity contribution >= 4 is 17.7 Å². The lowest BCUT2D eigenvalue weighted by Crippen LogP contribution is -2.28. The summed E-state index contributed by atoms with van der Waals surface area (Å²) in [6, 6.07) is 16.6. The van der Waals surface area contributed by atoms with Crippen molar-refractivity contribution in [2.24, 2.45) is 0 Å². The standard InChI is InChI=1S/C23H22N2O5/c1-3-17-8-10-18(11-9-17)28-14-15-29-23(26)19(16-24)22-25(12-13-27-2)20-6-4-5-7-21(20)30-22/h3-11H,1,12-15H2,2H3. The first-order valence-electron chi connectivity index (χ1n) is 9.38. The Bertz CT molecular complexity index is 976. The van der Waals surface area contributed by atoms with Gasteiger partial charge in [0.15, 0.2) is 11.3 Å². The van der Waals surface area contributed by atoms with Crippen molar-refractivity contribution in [3.05, 3.63) is 72.1 Å². The van der Waals surface area contributed by atoms with Crippen LogP contribution in [0.25, 0.3) is 6.08 Å². The molecule has 0 bridgehead atoms. The molecular formula is C23H22N2O5. The molecule has 0 radical (unpaired) electrons. The van der Waals surface area contributed by atoms with Gasteiger partial charge in [-0.1, -0.05) is 36.9 Å². The molecular weight excluding hydrogens is 384 g/mol. The van der Waals surface area contributed by atoms with E-state index in [1.165, 1.54) is 0 Å². The summed E-state index contributed by atoms with van der Waals surface area (Å²) in [5, 5.41) is 9.58. The number of fused-ring (bicyclic) bond motifs is 1. The molecule has 0 aliphatic carbocycles. The fourth-order valence-electron chi connectivity index (χ4n) is 2.87. The molecule has 0 unspecified atom stereocenters. The van der Waals surface area contributed by atoms with Crippen LogP contribution in [-0.4, -0.2) is 39.4 Å². The second kappa shape index (κ2) is 10.1. The summed E-state index contributed by atoms with van der Waals surface area (Å²) >= 11 is 0. The van der Waals surface area contributed by atoms with Crippen molar-refractivity contribution in [2.45, 2.75) is 0 Å². The van der Waals surface area contributed by atoms with Gasteiger partial charge >= 0.3 is 5.97 Å². The number of para-hydroxylation sites is 2. The van der Waals surface area contributed by atoms with Gasteiger partial charge in [0.25, 0.3) is 0 Å². The van der Waals surface area contributed by atoms with Gasteiger partial charge in [-0.3, -0.25) is 0 Å². The third-order valence-electron chi connectivity index (χ3n) is 4.36. The molecule has 0 amide bonds. The van der Waals surface area contributed by atoms with E-state index in [-0.39, 0.29) is 24.7 Å². The molecule has 1 heterocycles. The molecule has 7 nitrogen and oxygen atoms in total. The number of esters is 1. The minimum Gasteiger partial charge on any atom is -0.490 e. The minimum absolute atomic E-state index is 0.00841. The van der Waals surface area contributed by atoms with E-state index in [1.807, 2.05) is 36.4 Å². The molecule has 0 fully saturated rings. The summed E-state index contributed by atoms with van der Waals surface area (Å²) in [5.41, 5.74) is 1.53. The average molecular weight is 406 g/mol. The van der Waals surface area contributed by atoms with Crippen molar-refractivity contribution in [3.63, 3.8) is 0 Å². The van der Waals surface area contributed by atoms with E-state index >= 15 is 0 Å². The van der Waals surface area contributed by atoms with Crippen molar-refractivity contribution in [1.82, 2.24) is 0 Å². The van der Waals surface area contributed by atoms with Crippen LogP contribution in [0.5, 0.6) is 11.5 Å². The Morgan fingerprint density at radius 3 is 2.63 bits per heavy atom. The molecule has 0 spiro atoms. The molecule has 2 aromatic carbocycles. The minimum atomic E-state index is -0.770. The van der Waals surface area contributed by atoms with Crippen LogP contribution in [0.4, 0.5) is 5.69 Å². The largest absolute Gasteiger partial charge is 0.490 e. The van der Waals surface area contributed by atoms with Gasteiger partial charge in [0, 0.05) is 13.7 Å². The van der Waals surface area contributed by atoms with Crippen LogP contribution < -0.4 is 14.4 Å². The number of methoxy groups -OCH3 is 1. The maximum Gasteiger partial charge on any atom is 0.354 e. The van der Waals surface area contributed by atoms with E-state index in [0.717, 1.165) is 11.3 Å². The number of hydrogen-bond donors (Lipinski definition) is 0. The van der Waals surface area contributed by atoms with E-state index in [1.54, 1.807) is 36.3 Å². The quantitative estimate of drug-likeness (QED) is 0.273. The number of anilines is 1. The molecule has 0 saturated heterocycles. The Hall–Kier alpha value is -3.76. The lowest BCUT2D eigenvalue weighted by molar-refractivity contribution is -0.139. The van der Waals surface area contributed by atoms with Crippen LogP contribution in [0.3, 0.4) is 0 Å². The van der Waals surface area contributed by atoms with Crippen molar-refractivity contribution in [1.29, 1.82) is 5.26 Å². The van der Waals surface area contributed by atoms with E-state index in [4.69, 9.17) is 18.9 Å². The van der Waals surface area contributed by atoms with Crippen LogP contribution in [0.2, 0.25) is 0 Å². The second-order valence-electron chi connectivity index (χ2n) is 6.26. The number of carbonyl (C=O) groups is 1. The number of hydrogen-bond acceptors (Lipinski definition) is 7. The summed E-state index contributed by atoms with van der Waals surface area (Å²) in [4.78, 5) is 14.3. The van der Waals surface area contributed by atoms with E-state index in [2.05, 4.69) is 6.58 Å². The topological polar surface area (TPSA) is 81.0 Å². The third kappa shape index (κ3) is 4.80. The summed E-state index contributed by atoms with van der Waals surface area (Å²) in [7, 11) is 1.58. The number of ether oxygens (including phenoxy) is 4. The number of nitrogens with zero attached hydrogens (tertiary/aromatic N) is 2. The Labute approximate surface area is 175 Å². The molecule has 1 aliphatic rings. The zero-order chi connectivity index (χ0) is 21.3. The SMILES string of the molecule is C=Cc1ccc(OCCOC(=O)C(C#N)=C2Oc3ccccc3N2CCOC)cc1. The van der Waals surface area contributed by atoms with Crippen molar-refractivity contribution in [3.8, 4) is 17.6 Å². The third-order valence-corrected chi connectivity index (χ3v) is 4.36. The molecule has 30 heavy (non-hydrogen) atoms. The highest BCUT2D eigenvalue weighted by molar-refractivity contribution is 5.94. The van der Waals surface area contributed by atoms with Crippen LogP contribution in [0.1, 0.15) is 5.56 Å². The summed E-state index contributed by atoms with van der Waals surface area (Å²) < 4.78 is 21.7. The van der Waals surface area contributed by atoms with Gasteiger partial charge in [-0.05, 0) is 29.8 Å². The highest BCUT2D eigenvalue weighted by atomic mass is 16.6. The molecule has 154 valence electrons. The molecule has 0 saturated carbocycles. The molecule has 1 aliphatic heterocycles. The van der Waals surface area contributed by atoms with Crippen molar-refractivity contribution < 1.29 is 23.7 Å². The van der Waals surface area contributed by atoms with Gasteiger partial charge in [-0.2, -0.15) is 5.26 Å². The Balaban J connectivity index is 1.64. The zero-order valence-electron chi connectivity index (χ0n) is 16.7. The number of nitriles is 1. The van der Waals surface area contributed by atoms with E-state index in [0.29, 0.717) is 24.7 Å². The second-order valence-corrected chi connectivity index (χ2v) is 6.26. The maximum absolute atomic E-state index is 12.5. The van der Waals surface area contributed by atoms with Crippen molar-refractivity contribution in [2.75, 3.05) is 38.4 Å². The van der Waals surface area contributed by atoms with Crippen LogP contribution in [-0.2, 0) is 14.3 Å². The molecule has 0 aromatic heterocycles. The number of rotatable bonds is 9. The smallest absolute Gasteiger partial charge is 0.354 e. The molecule has 7 heteroatoms. The van der Waals surface area contributed by atoms with Crippen LogP contribution >= 0.6 is 0 Å². The number of benzene rings is 2. The van der Waals surface area contributed by atoms with Gasteiger partial charge < -0.3 is 23.8 Å². The van der Waals surface area contributed by atoms with Gasteiger partial charge in [0.05, 0.1) is 12.3 Å². The first-order valence-corrected chi connectivity index (χ1v) is 9.38. The number of carbonyl (C=O) groups excluding carboxylic acids is 1. The molecule has 0 N–H and O–H groups in total. The normalized spacial score (nSPS) is 13.7. The Morgan fingerprint density at radius 1 is 1.17 bits per heavy atom. The Kier molecular flexibility index (Phi) is 7.09. The van der Waals surface area contributed by atoms with Gasteiger partial charge in [0.1, 0.15) is 25.0 Å². The average Bonchev–Trinajstić information content (AvgIpc) is 3.14.